The Morgan fingerprint density at radius 3 is 2.70 bits per heavy atom. The maximum absolute atomic E-state index is 12.0. The number of likely N-dealkylation sites (N-methyl/N-ethyl adjacent to an activating group) is 1. The van der Waals surface area contributed by atoms with Gasteiger partial charge in [-0.15, -0.1) is 0 Å². The van der Waals surface area contributed by atoms with Crippen molar-refractivity contribution in [2.45, 2.75) is 12.5 Å². The topological polar surface area (TPSA) is 85.4 Å². The molecule has 0 bridgehead atoms. The normalized spacial score (nSPS) is 12.1. The molecule has 1 aromatic carbocycles. The summed E-state index contributed by atoms with van der Waals surface area (Å²) in [4.78, 5) is 27.4. The molecule has 1 aromatic heterocycles. The average Bonchev–Trinajstić information content (AvgIpc) is 2.80. The number of carbonyl (C=O) groups is 2. The zero-order valence-electron chi connectivity index (χ0n) is 11.4. The molecule has 6 nitrogen and oxygen atoms in total. The van der Waals surface area contributed by atoms with E-state index in [2.05, 4.69) is 10.3 Å². The van der Waals surface area contributed by atoms with Crippen LogP contribution in [0, 0.1) is 0 Å². The van der Waals surface area contributed by atoms with Gasteiger partial charge in [-0.25, -0.2) is 4.79 Å². The monoisotopic (exact) mass is 275 g/mol. The molecule has 1 heterocycles. The maximum atomic E-state index is 12.0. The molecule has 2 aromatic rings. The number of nitrogens with zero attached hydrogens (tertiary/aromatic N) is 1. The molecular weight excluding hydrogens is 258 g/mol. The second-order valence-corrected chi connectivity index (χ2v) is 4.80. The number of carbonyl (C=O) groups excluding carboxylic acids is 1. The Hall–Kier alpha value is -2.50. The van der Waals surface area contributed by atoms with Gasteiger partial charge in [0.2, 0.25) is 5.91 Å². The Labute approximate surface area is 116 Å². The number of hydrogen-bond acceptors (Lipinski definition) is 2. The molecule has 3 N–H and O–H groups in total. The van der Waals surface area contributed by atoms with Crippen LogP contribution < -0.4 is 5.32 Å². The lowest BCUT2D eigenvalue weighted by molar-refractivity contribution is -0.130. The molecule has 0 spiro atoms. The highest BCUT2D eigenvalue weighted by atomic mass is 16.4. The van der Waals surface area contributed by atoms with Crippen molar-refractivity contribution in [1.82, 2.24) is 15.2 Å². The maximum Gasteiger partial charge on any atom is 0.405 e. The summed E-state index contributed by atoms with van der Waals surface area (Å²) in [7, 11) is 3.21. The molecule has 6 heteroatoms. The summed E-state index contributed by atoms with van der Waals surface area (Å²) in [6.45, 7) is 0. The molecule has 2 amide bonds. The first-order chi connectivity index (χ1) is 9.49. The van der Waals surface area contributed by atoms with Crippen LogP contribution in [0.2, 0.25) is 0 Å². The third-order valence-electron chi connectivity index (χ3n) is 3.14. The largest absolute Gasteiger partial charge is 0.465 e. The first-order valence-corrected chi connectivity index (χ1v) is 6.24. The van der Waals surface area contributed by atoms with E-state index >= 15 is 0 Å². The highest BCUT2D eigenvalue weighted by Gasteiger charge is 2.23. The van der Waals surface area contributed by atoms with Gasteiger partial charge >= 0.3 is 6.09 Å². The van der Waals surface area contributed by atoms with Gasteiger partial charge in [-0.1, -0.05) is 18.2 Å². The van der Waals surface area contributed by atoms with Crippen molar-refractivity contribution in [3.63, 3.8) is 0 Å². The van der Waals surface area contributed by atoms with E-state index in [0.29, 0.717) is 6.42 Å². The minimum Gasteiger partial charge on any atom is -0.465 e. The van der Waals surface area contributed by atoms with Crippen molar-refractivity contribution < 1.29 is 14.7 Å². The summed E-state index contributed by atoms with van der Waals surface area (Å²) in [5.74, 6) is -0.266. The van der Waals surface area contributed by atoms with Crippen LogP contribution in [0.5, 0.6) is 0 Å². The first kappa shape index (κ1) is 13.9. The highest BCUT2D eigenvalue weighted by Crippen LogP contribution is 2.19. The van der Waals surface area contributed by atoms with Crippen molar-refractivity contribution in [2.24, 2.45) is 0 Å². The van der Waals surface area contributed by atoms with Crippen LogP contribution in [-0.2, 0) is 11.2 Å². The number of benzene rings is 1. The van der Waals surface area contributed by atoms with Crippen LogP contribution in [-0.4, -0.2) is 47.1 Å². The van der Waals surface area contributed by atoms with Crippen LogP contribution in [0.3, 0.4) is 0 Å². The molecule has 0 aliphatic rings. The van der Waals surface area contributed by atoms with Gasteiger partial charge < -0.3 is 20.3 Å². The van der Waals surface area contributed by atoms with Crippen molar-refractivity contribution >= 4 is 22.9 Å². The number of carboxylic acid groups (broad SMARTS) is 1. The van der Waals surface area contributed by atoms with Gasteiger partial charge in [0.25, 0.3) is 0 Å². The molecule has 106 valence electrons. The Morgan fingerprint density at radius 2 is 2.05 bits per heavy atom. The van der Waals surface area contributed by atoms with Crippen LogP contribution in [0.1, 0.15) is 5.56 Å². The smallest absolute Gasteiger partial charge is 0.405 e. The van der Waals surface area contributed by atoms with Gasteiger partial charge in [0.15, 0.2) is 0 Å². The van der Waals surface area contributed by atoms with E-state index in [1.807, 2.05) is 30.5 Å². The number of aromatic nitrogens is 1. The standard InChI is InChI=1S/C14H17N3O3/c1-17(2)13(18)12(16-14(19)20)7-9-8-15-11-6-4-3-5-10(9)11/h3-6,8,12,15-16H,7H2,1-2H3,(H,19,20). The third kappa shape index (κ3) is 2.90. The fourth-order valence-corrected chi connectivity index (χ4v) is 2.18. The minimum atomic E-state index is -1.20. The van der Waals surface area contributed by atoms with Gasteiger partial charge in [-0.2, -0.15) is 0 Å². The molecule has 2 rings (SSSR count). The number of hydrogen-bond donors (Lipinski definition) is 3. The number of aromatic amines is 1. The average molecular weight is 275 g/mol. The summed E-state index contributed by atoms with van der Waals surface area (Å²) >= 11 is 0. The summed E-state index contributed by atoms with van der Waals surface area (Å²) in [6, 6.07) is 6.92. The lowest BCUT2D eigenvalue weighted by Crippen LogP contribution is -2.47. The van der Waals surface area contributed by atoms with Crippen molar-refractivity contribution in [3.05, 3.63) is 36.0 Å². The molecule has 0 radical (unpaired) electrons. The quantitative estimate of drug-likeness (QED) is 0.789. The van der Waals surface area contributed by atoms with E-state index < -0.39 is 12.1 Å². The zero-order chi connectivity index (χ0) is 14.7. The molecule has 20 heavy (non-hydrogen) atoms. The summed E-state index contributed by atoms with van der Waals surface area (Å²) < 4.78 is 0. The second-order valence-electron chi connectivity index (χ2n) is 4.80. The summed E-state index contributed by atoms with van der Waals surface area (Å²) in [5.41, 5.74) is 1.88. The van der Waals surface area contributed by atoms with E-state index in [1.54, 1.807) is 14.1 Å². The van der Waals surface area contributed by atoms with E-state index in [4.69, 9.17) is 5.11 Å². The van der Waals surface area contributed by atoms with E-state index in [-0.39, 0.29) is 5.91 Å². The summed E-state index contributed by atoms with van der Waals surface area (Å²) in [5, 5.41) is 12.1. The SMILES string of the molecule is CN(C)C(=O)C(Cc1c[nH]c2ccccc12)NC(=O)O. The van der Waals surface area contributed by atoms with E-state index in [1.165, 1.54) is 4.90 Å². The van der Waals surface area contributed by atoms with Crippen molar-refractivity contribution in [3.8, 4) is 0 Å². The van der Waals surface area contributed by atoms with Gasteiger partial charge in [-0.3, -0.25) is 4.79 Å². The van der Waals surface area contributed by atoms with Crippen molar-refractivity contribution in [1.29, 1.82) is 0 Å². The number of rotatable bonds is 4. The number of nitrogens with one attached hydrogen (secondary N) is 2. The zero-order valence-corrected chi connectivity index (χ0v) is 11.4. The fourth-order valence-electron chi connectivity index (χ4n) is 2.18. The predicted molar refractivity (Wildman–Crippen MR) is 75.6 cm³/mol. The molecule has 0 fully saturated rings. The summed E-state index contributed by atoms with van der Waals surface area (Å²) in [6.07, 6.45) is 0.919. The van der Waals surface area contributed by atoms with Crippen molar-refractivity contribution in [2.75, 3.05) is 14.1 Å². The highest BCUT2D eigenvalue weighted by molar-refractivity contribution is 5.87. The second kappa shape index (κ2) is 5.64. The predicted octanol–water partition coefficient (Wildman–Crippen LogP) is 1.43. The third-order valence-corrected chi connectivity index (χ3v) is 3.14. The molecule has 0 saturated carbocycles. The molecule has 0 saturated heterocycles. The number of fused-ring (bicyclic) bond motifs is 1. The first-order valence-electron chi connectivity index (χ1n) is 6.24. The molecular formula is C14H17N3O3. The number of para-hydroxylation sites is 1. The Bertz CT molecular complexity index is 633. The van der Waals surface area contributed by atoms with Crippen LogP contribution in [0.15, 0.2) is 30.5 Å². The lowest BCUT2D eigenvalue weighted by atomic mass is 10.0. The Balaban J connectivity index is 2.27. The van der Waals surface area contributed by atoms with Gasteiger partial charge in [-0.05, 0) is 11.6 Å². The molecule has 1 atom stereocenters. The molecule has 0 aliphatic heterocycles. The Kier molecular flexibility index (Phi) is 3.93. The Morgan fingerprint density at radius 1 is 1.35 bits per heavy atom. The van der Waals surface area contributed by atoms with Crippen LogP contribution in [0.4, 0.5) is 4.79 Å². The number of H-pyrrole nitrogens is 1. The van der Waals surface area contributed by atoms with Crippen LogP contribution in [0.25, 0.3) is 10.9 Å². The van der Waals surface area contributed by atoms with Crippen LogP contribution >= 0.6 is 0 Å². The van der Waals surface area contributed by atoms with Gasteiger partial charge in [0, 0.05) is 37.6 Å². The lowest BCUT2D eigenvalue weighted by Gasteiger charge is -2.20. The van der Waals surface area contributed by atoms with E-state index in [9.17, 15) is 9.59 Å². The minimum absolute atomic E-state index is 0.266. The van der Waals surface area contributed by atoms with Gasteiger partial charge in [0.1, 0.15) is 6.04 Å². The molecule has 1 unspecified atom stereocenters. The van der Waals surface area contributed by atoms with Gasteiger partial charge in [0.05, 0.1) is 0 Å². The molecule has 0 aliphatic carbocycles. The number of amides is 2. The van der Waals surface area contributed by atoms with E-state index in [0.717, 1.165) is 16.5 Å². The fraction of sp³-hybridized carbons (Fsp3) is 0.286.